The number of hydrogen-bond donors (Lipinski definition) is 1. The number of benzene rings is 1. The van der Waals surface area contributed by atoms with Gasteiger partial charge in [0.25, 0.3) is 0 Å². The van der Waals surface area contributed by atoms with Gasteiger partial charge >= 0.3 is 0 Å². The van der Waals surface area contributed by atoms with Crippen LogP contribution in [0.3, 0.4) is 0 Å². The second-order valence-corrected chi connectivity index (χ2v) is 6.97. The first-order chi connectivity index (χ1) is 15.7. The number of nitrogens with one attached hydrogen (secondary N) is 1. The van der Waals surface area contributed by atoms with Crippen LogP contribution in [0.2, 0.25) is 0 Å². The Balaban J connectivity index is 0.00000119. The van der Waals surface area contributed by atoms with Crippen molar-refractivity contribution < 1.29 is 13.5 Å². The highest BCUT2D eigenvalue weighted by molar-refractivity contribution is 5.81. The predicted molar refractivity (Wildman–Crippen MR) is 116 cm³/mol. The number of halogens is 2. The Morgan fingerprint density at radius 1 is 1.06 bits per heavy atom. The van der Waals surface area contributed by atoms with E-state index in [0.717, 1.165) is 11.6 Å². The van der Waals surface area contributed by atoms with Gasteiger partial charge in [-0.05, 0) is 18.2 Å². The maximum atomic E-state index is 13.9. The molecule has 5 rings (SSSR count). The molecule has 1 saturated heterocycles. The van der Waals surface area contributed by atoms with Crippen LogP contribution < -0.4 is 9.64 Å². The number of ether oxygens (including phenoxy) is 1. The van der Waals surface area contributed by atoms with Crippen LogP contribution in [0.25, 0.3) is 22.6 Å². The SMILES string of the molecule is CC.Fc1ccc(OC2CCN(c3nc4ccncc4nc3-c3ncn[nH]3)CC2)c(F)c1. The molecule has 10 heteroatoms. The monoisotopic (exact) mass is 439 g/mol. The Hall–Kier alpha value is -3.69. The van der Waals surface area contributed by atoms with Gasteiger partial charge in [-0.15, -0.1) is 0 Å². The van der Waals surface area contributed by atoms with Gasteiger partial charge in [-0.1, -0.05) is 13.8 Å². The highest BCUT2D eigenvalue weighted by Crippen LogP contribution is 2.30. The summed E-state index contributed by atoms with van der Waals surface area (Å²) >= 11 is 0. The van der Waals surface area contributed by atoms with Gasteiger partial charge in [-0.25, -0.2) is 23.7 Å². The molecule has 0 saturated carbocycles. The van der Waals surface area contributed by atoms with E-state index in [0.29, 0.717) is 48.8 Å². The molecule has 0 unspecified atom stereocenters. The standard InChI is InChI=1S/C20H17F2N7O.C2H6/c21-12-1-2-17(14(22)9-12)30-13-4-7-29(8-5-13)20-18(19-24-11-25-28-19)26-16-10-23-6-3-15(16)27-20;1-2/h1-3,6,9-11,13H,4-5,7-8H2,(H,24,25,28);1-2H3. The Morgan fingerprint density at radius 3 is 2.59 bits per heavy atom. The van der Waals surface area contributed by atoms with Crippen molar-refractivity contribution in [1.29, 1.82) is 0 Å². The second-order valence-electron chi connectivity index (χ2n) is 6.97. The summed E-state index contributed by atoms with van der Waals surface area (Å²) in [4.78, 5) is 19.9. The molecular weight excluding hydrogens is 416 g/mol. The lowest BCUT2D eigenvalue weighted by Crippen LogP contribution is -2.39. The van der Waals surface area contributed by atoms with E-state index >= 15 is 0 Å². The minimum atomic E-state index is -0.695. The van der Waals surface area contributed by atoms with E-state index in [-0.39, 0.29) is 11.9 Å². The van der Waals surface area contributed by atoms with Gasteiger partial charge in [0.2, 0.25) is 0 Å². The molecule has 4 heterocycles. The number of hydrogen-bond acceptors (Lipinski definition) is 7. The largest absolute Gasteiger partial charge is 0.487 e. The van der Waals surface area contributed by atoms with Gasteiger partial charge in [0, 0.05) is 38.2 Å². The first kappa shape index (κ1) is 21.5. The summed E-state index contributed by atoms with van der Waals surface area (Å²) < 4.78 is 32.7. The topological polar surface area (TPSA) is 92.7 Å². The fourth-order valence-electron chi connectivity index (χ4n) is 3.53. The molecule has 3 aromatic heterocycles. The molecule has 0 aliphatic carbocycles. The summed E-state index contributed by atoms with van der Waals surface area (Å²) in [5.74, 6) is -0.0409. The van der Waals surface area contributed by atoms with Crippen LogP contribution in [-0.2, 0) is 0 Å². The fraction of sp³-hybridized carbons (Fsp3) is 0.318. The van der Waals surface area contributed by atoms with Gasteiger partial charge in [0.15, 0.2) is 28.9 Å². The van der Waals surface area contributed by atoms with Crippen LogP contribution in [0.5, 0.6) is 5.75 Å². The van der Waals surface area contributed by atoms with E-state index in [9.17, 15) is 8.78 Å². The predicted octanol–water partition coefficient (Wildman–Crippen LogP) is 4.16. The summed E-state index contributed by atoms with van der Waals surface area (Å²) in [5.41, 5.74) is 1.99. The van der Waals surface area contributed by atoms with Gasteiger partial charge in [-0.3, -0.25) is 10.1 Å². The van der Waals surface area contributed by atoms with Crippen molar-refractivity contribution in [3.8, 4) is 17.3 Å². The Labute approximate surface area is 183 Å². The molecule has 166 valence electrons. The maximum Gasteiger partial charge on any atom is 0.177 e. The molecule has 0 spiro atoms. The van der Waals surface area contributed by atoms with Crippen molar-refractivity contribution in [2.45, 2.75) is 32.8 Å². The first-order valence-electron chi connectivity index (χ1n) is 10.5. The lowest BCUT2D eigenvalue weighted by molar-refractivity contribution is 0.163. The lowest BCUT2D eigenvalue weighted by atomic mass is 10.1. The summed E-state index contributed by atoms with van der Waals surface area (Å²) in [7, 11) is 0. The van der Waals surface area contributed by atoms with E-state index < -0.39 is 11.6 Å². The number of nitrogens with zero attached hydrogens (tertiary/aromatic N) is 6. The number of H-pyrrole nitrogens is 1. The van der Waals surface area contributed by atoms with Crippen molar-refractivity contribution in [3.05, 3.63) is 54.6 Å². The lowest BCUT2D eigenvalue weighted by Gasteiger charge is -2.33. The average Bonchev–Trinajstić information content (AvgIpc) is 3.37. The third-order valence-electron chi connectivity index (χ3n) is 5.02. The van der Waals surface area contributed by atoms with Gasteiger partial charge in [-0.2, -0.15) is 5.10 Å². The normalized spacial score (nSPS) is 14.2. The van der Waals surface area contributed by atoms with Crippen molar-refractivity contribution >= 4 is 16.9 Å². The van der Waals surface area contributed by atoms with Crippen molar-refractivity contribution in [3.63, 3.8) is 0 Å². The molecule has 0 radical (unpaired) electrons. The Kier molecular flexibility index (Phi) is 6.48. The van der Waals surface area contributed by atoms with E-state index in [1.165, 1.54) is 18.5 Å². The molecule has 1 aliphatic rings. The molecule has 32 heavy (non-hydrogen) atoms. The summed E-state index contributed by atoms with van der Waals surface area (Å²) in [5, 5.41) is 6.76. The van der Waals surface area contributed by atoms with Crippen LogP contribution in [0.15, 0.2) is 43.0 Å². The summed E-state index contributed by atoms with van der Waals surface area (Å²) in [6.07, 6.45) is 5.89. The number of aromatic nitrogens is 6. The minimum absolute atomic E-state index is 0.0650. The fourth-order valence-corrected chi connectivity index (χ4v) is 3.53. The van der Waals surface area contributed by atoms with Crippen molar-refractivity contribution in [2.75, 3.05) is 18.0 Å². The van der Waals surface area contributed by atoms with Gasteiger partial charge < -0.3 is 9.64 Å². The average molecular weight is 439 g/mol. The molecule has 0 amide bonds. The first-order valence-corrected chi connectivity index (χ1v) is 10.5. The van der Waals surface area contributed by atoms with E-state index in [2.05, 4.69) is 30.0 Å². The number of rotatable bonds is 4. The zero-order valence-corrected chi connectivity index (χ0v) is 17.8. The van der Waals surface area contributed by atoms with Crippen LogP contribution in [0, 0.1) is 11.6 Å². The maximum absolute atomic E-state index is 13.9. The molecule has 1 fully saturated rings. The van der Waals surface area contributed by atoms with Crippen LogP contribution in [-0.4, -0.2) is 49.3 Å². The van der Waals surface area contributed by atoms with E-state index in [1.807, 2.05) is 19.9 Å². The third-order valence-corrected chi connectivity index (χ3v) is 5.02. The van der Waals surface area contributed by atoms with E-state index in [1.54, 1.807) is 12.4 Å². The third kappa shape index (κ3) is 4.48. The quantitative estimate of drug-likeness (QED) is 0.510. The number of aromatic amines is 1. The molecule has 0 atom stereocenters. The van der Waals surface area contributed by atoms with Crippen LogP contribution >= 0.6 is 0 Å². The molecule has 1 aliphatic heterocycles. The zero-order valence-electron chi connectivity index (χ0n) is 17.8. The van der Waals surface area contributed by atoms with Crippen LogP contribution in [0.4, 0.5) is 14.6 Å². The van der Waals surface area contributed by atoms with Gasteiger partial charge in [0.1, 0.15) is 23.8 Å². The number of pyridine rings is 1. The number of piperidine rings is 1. The molecular formula is C22H23F2N7O. The molecule has 4 aromatic rings. The molecule has 8 nitrogen and oxygen atoms in total. The van der Waals surface area contributed by atoms with Crippen molar-refractivity contribution in [2.24, 2.45) is 0 Å². The highest BCUT2D eigenvalue weighted by Gasteiger charge is 2.26. The zero-order chi connectivity index (χ0) is 22.5. The smallest absolute Gasteiger partial charge is 0.177 e. The highest BCUT2D eigenvalue weighted by atomic mass is 19.1. The summed E-state index contributed by atoms with van der Waals surface area (Å²) in [6.45, 7) is 5.28. The van der Waals surface area contributed by atoms with Crippen LogP contribution in [0.1, 0.15) is 26.7 Å². The van der Waals surface area contributed by atoms with E-state index in [4.69, 9.17) is 9.72 Å². The second kappa shape index (κ2) is 9.63. The number of fused-ring (bicyclic) bond motifs is 1. The Bertz CT molecular complexity index is 1180. The Morgan fingerprint density at radius 2 is 1.88 bits per heavy atom. The number of anilines is 1. The van der Waals surface area contributed by atoms with Crippen molar-refractivity contribution in [1.82, 2.24) is 30.1 Å². The summed E-state index contributed by atoms with van der Waals surface area (Å²) in [6, 6.07) is 5.15. The minimum Gasteiger partial charge on any atom is -0.487 e. The van der Waals surface area contributed by atoms with Gasteiger partial charge in [0.05, 0.1) is 11.7 Å². The molecule has 1 N–H and O–H groups in total. The molecule has 0 bridgehead atoms. The molecule has 1 aromatic carbocycles.